The number of nitrogens with two attached hydrogens (primary N) is 2. The van der Waals surface area contributed by atoms with Crippen LogP contribution in [0.25, 0.3) is 0 Å². The highest BCUT2D eigenvalue weighted by atomic mass is 35.5. The maximum Gasteiger partial charge on any atom is 0.143 e. The normalized spacial score (nSPS) is 14.1. The summed E-state index contributed by atoms with van der Waals surface area (Å²) in [5.74, 6) is 0. The van der Waals surface area contributed by atoms with Crippen LogP contribution in [-0.4, -0.2) is 0 Å². The second kappa shape index (κ2) is 5.28. The van der Waals surface area contributed by atoms with E-state index in [-0.39, 0.29) is 0 Å². The average molecular weight is 309 g/mol. The Balaban J connectivity index is 2.63. The highest BCUT2D eigenvalue weighted by Gasteiger charge is 2.30. The summed E-state index contributed by atoms with van der Waals surface area (Å²) in [6.45, 7) is 5.80. The summed E-state index contributed by atoms with van der Waals surface area (Å²) < 4.78 is 0. The number of anilines is 1. The molecular weight excluding hydrogens is 291 g/mol. The molecule has 106 valence electrons. The lowest BCUT2D eigenvalue weighted by Gasteiger charge is -2.27. The Hall–Kier alpha value is -1.22. The minimum atomic E-state index is -1.12. The van der Waals surface area contributed by atoms with Crippen molar-refractivity contribution in [2.75, 3.05) is 5.73 Å². The Morgan fingerprint density at radius 1 is 1.05 bits per heavy atom. The summed E-state index contributed by atoms with van der Waals surface area (Å²) in [4.78, 5) is -1.12. The van der Waals surface area contributed by atoms with Crippen LogP contribution in [-0.2, 0) is 5.00 Å². The molecular formula is C16H18Cl2N2. The summed E-state index contributed by atoms with van der Waals surface area (Å²) in [5, 5.41) is 0.558. The Kier molecular flexibility index (Phi) is 4.01. The van der Waals surface area contributed by atoms with Crippen LogP contribution >= 0.6 is 23.2 Å². The molecule has 2 nitrogen and oxygen atoms in total. The van der Waals surface area contributed by atoms with E-state index in [9.17, 15) is 0 Å². The van der Waals surface area contributed by atoms with E-state index in [4.69, 9.17) is 34.7 Å². The van der Waals surface area contributed by atoms with Crippen molar-refractivity contribution in [2.45, 2.75) is 25.8 Å². The second-order valence-electron chi connectivity index (χ2n) is 5.17. The molecule has 0 fully saturated rings. The zero-order valence-electron chi connectivity index (χ0n) is 11.8. The largest absolute Gasteiger partial charge is 0.397 e. The van der Waals surface area contributed by atoms with Gasteiger partial charge in [-0.3, -0.25) is 0 Å². The van der Waals surface area contributed by atoms with Gasteiger partial charge in [0.2, 0.25) is 0 Å². The number of aryl methyl sites for hydroxylation is 2. The van der Waals surface area contributed by atoms with Gasteiger partial charge in [0.05, 0.1) is 10.7 Å². The third-order valence-electron chi connectivity index (χ3n) is 3.62. The second-order valence-corrected chi connectivity index (χ2v) is 6.15. The molecule has 0 spiro atoms. The molecule has 0 saturated carbocycles. The monoisotopic (exact) mass is 308 g/mol. The Bertz CT molecular complexity index is 647. The van der Waals surface area contributed by atoms with Crippen molar-refractivity contribution in [2.24, 2.45) is 5.73 Å². The molecule has 0 amide bonds. The van der Waals surface area contributed by atoms with Gasteiger partial charge >= 0.3 is 0 Å². The van der Waals surface area contributed by atoms with Crippen LogP contribution < -0.4 is 11.5 Å². The minimum absolute atomic E-state index is 0.532. The smallest absolute Gasteiger partial charge is 0.143 e. The van der Waals surface area contributed by atoms with E-state index in [1.807, 2.05) is 51.1 Å². The molecule has 0 aliphatic rings. The zero-order chi connectivity index (χ0) is 15.1. The van der Waals surface area contributed by atoms with E-state index in [0.29, 0.717) is 10.7 Å². The van der Waals surface area contributed by atoms with E-state index in [1.165, 1.54) is 0 Å². The van der Waals surface area contributed by atoms with Crippen molar-refractivity contribution in [1.29, 1.82) is 0 Å². The van der Waals surface area contributed by atoms with Crippen molar-refractivity contribution in [3.8, 4) is 0 Å². The Labute approximate surface area is 129 Å². The highest BCUT2D eigenvalue weighted by Crippen LogP contribution is 2.39. The summed E-state index contributed by atoms with van der Waals surface area (Å²) in [5.41, 5.74) is 17.4. The first-order valence-electron chi connectivity index (χ1n) is 6.35. The predicted molar refractivity (Wildman–Crippen MR) is 87.3 cm³/mol. The van der Waals surface area contributed by atoms with Gasteiger partial charge in [0.1, 0.15) is 5.00 Å². The number of hydrogen-bond donors (Lipinski definition) is 2. The zero-order valence-corrected chi connectivity index (χ0v) is 13.3. The summed E-state index contributed by atoms with van der Waals surface area (Å²) in [6.07, 6.45) is 0. The summed E-state index contributed by atoms with van der Waals surface area (Å²) in [7, 11) is 0. The Morgan fingerprint density at radius 2 is 1.60 bits per heavy atom. The number of nitrogen functional groups attached to an aromatic ring is 1. The van der Waals surface area contributed by atoms with Gasteiger partial charge in [0.25, 0.3) is 0 Å². The van der Waals surface area contributed by atoms with Crippen molar-refractivity contribution in [1.82, 2.24) is 0 Å². The van der Waals surface area contributed by atoms with Gasteiger partial charge in [0, 0.05) is 0 Å². The SMILES string of the molecule is Cc1ccc(C(N)(Cl)c2cc(C)c(Cl)c(N)c2C)cc1. The lowest BCUT2D eigenvalue weighted by atomic mass is 9.92. The first kappa shape index (κ1) is 15.2. The fraction of sp³-hybridized carbons (Fsp3) is 0.250. The third-order valence-corrected chi connectivity index (χ3v) is 4.54. The standard InChI is InChI=1S/C16H18Cl2N2/c1-9-4-6-12(7-5-9)16(18,20)13-8-10(2)14(17)15(19)11(13)3/h4-8H,19-20H2,1-3H3. The molecule has 4 N–H and O–H groups in total. The van der Waals surface area contributed by atoms with E-state index < -0.39 is 5.00 Å². The summed E-state index contributed by atoms with van der Waals surface area (Å²) >= 11 is 12.8. The Morgan fingerprint density at radius 3 is 2.15 bits per heavy atom. The fourth-order valence-corrected chi connectivity index (χ4v) is 2.76. The quantitative estimate of drug-likeness (QED) is 0.495. The lowest BCUT2D eigenvalue weighted by Crippen LogP contribution is -2.32. The molecule has 0 bridgehead atoms. The summed E-state index contributed by atoms with van der Waals surface area (Å²) in [6, 6.07) is 9.74. The molecule has 2 rings (SSSR count). The molecule has 1 atom stereocenters. The van der Waals surface area contributed by atoms with Crippen LogP contribution in [0.2, 0.25) is 5.02 Å². The first-order chi connectivity index (χ1) is 9.25. The van der Waals surface area contributed by atoms with Crippen LogP contribution in [0.1, 0.15) is 27.8 Å². The van der Waals surface area contributed by atoms with E-state index in [1.54, 1.807) is 0 Å². The molecule has 0 heterocycles. The predicted octanol–water partition coefficient (Wildman–Crippen LogP) is 4.25. The number of alkyl halides is 1. The number of hydrogen-bond acceptors (Lipinski definition) is 2. The maximum absolute atomic E-state index is 6.62. The van der Waals surface area contributed by atoms with Crippen molar-refractivity contribution in [3.63, 3.8) is 0 Å². The van der Waals surface area contributed by atoms with Gasteiger partial charge in [-0.1, -0.05) is 59.1 Å². The van der Waals surface area contributed by atoms with Crippen molar-refractivity contribution >= 4 is 28.9 Å². The minimum Gasteiger partial charge on any atom is -0.397 e. The van der Waals surface area contributed by atoms with Crippen LogP contribution in [0.5, 0.6) is 0 Å². The maximum atomic E-state index is 6.62. The first-order valence-corrected chi connectivity index (χ1v) is 7.11. The molecule has 0 aliphatic heterocycles. The number of rotatable bonds is 2. The van der Waals surface area contributed by atoms with Crippen LogP contribution in [0, 0.1) is 20.8 Å². The molecule has 0 radical (unpaired) electrons. The van der Waals surface area contributed by atoms with Crippen molar-refractivity contribution in [3.05, 3.63) is 63.2 Å². The fourth-order valence-electron chi connectivity index (χ4n) is 2.24. The van der Waals surface area contributed by atoms with Crippen LogP contribution in [0.3, 0.4) is 0 Å². The van der Waals surface area contributed by atoms with E-state index in [0.717, 1.165) is 27.8 Å². The lowest BCUT2D eigenvalue weighted by molar-refractivity contribution is 0.767. The average Bonchev–Trinajstić information content (AvgIpc) is 2.41. The molecule has 4 heteroatoms. The van der Waals surface area contributed by atoms with E-state index >= 15 is 0 Å². The van der Waals surface area contributed by atoms with Gasteiger partial charge in [-0.25, -0.2) is 0 Å². The van der Waals surface area contributed by atoms with Gasteiger partial charge < -0.3 is 11.5 Å². The van der Waals surface area contributed by atoms with Gasteiger partial charge in [0.15, 0.2) is 0 Å². The molecule has 2 aromatic rings. The molecule has 2 aromatic carbocycles. The van der Waals surface area contributed by atoms with Crippen molar-refractivity contribution < 1.29 is 0 Å². The van der Waals surface area contributed by atoms with Crippen LogP contribution in [0.15, 0.2) is 30.3 Å². The molecule has 1 unspecified atom stereocenters. The molecule has 0 aliphatic carbocycles. The molecule has 20 heavy (non-hydrogen) atoms. The van der Waals surface area contributed by atoms with Gasteiger partial charge in [-0.15, -0.1) is 0 Å². The molecule has 0 saturated heterocycles. The van der Waals surface area contributed by atoms with Gasteiger partial charge in [-0.2, -0.15) is 0 Å². The molecule has 0 aromatic heterocycles. The van der Waals surface area contributed by atoms with E-state index in [2.05, 4.69) is 0 Å². The number of halogens is 2. The van der Waals surface area contributed by atoms with Gasteiger partial charge in [-0.05, 0) is 43.0 Å². The van der Waals surface area contributed by atoms with Crippen LogP contribution in [0.4, 0.5) is 5.69 Å². The third kappa shape index (κ3) is 2.51. The highest BCUT2D eigenvalue weighted by molar-refractivity contribution is 6.34. The number of benzene rings is 2. The topological polar surface area (TPSA) is 52.0 Å².